The molecule has 0 saturated heterocycles. The lowest BCUT2D eigenvalue weighted by Gasteiger charge is -2.17. The maximum atomic E-state index is 12.3. The second kappa shape index (κ2) is 8.13. The zero-order valence-corrected chi connectivity index (χ0v) is 14.3. The fraction of sp³-hybridized carbons (Fsp3) is 0.600. The van der Waals surface area contributed by atoms with Crippen LogP contribution in [0.3, 0.4) is 0 Å². The highest BCUT2D eigenvalue weighted by molar-refractivity contribution is 7.89. The standard InChI is InChI=1S/C15H24N2O2S.ClH/c1-3-16-12(2)11-17-20(18,19)15-9-8-13-6-4-5-7-14(13)10-15;/h8-10,12,16-17H,3-7,11H2,1-2H3;1H/t12-;/m1./s1. The summed E-state index contributed by atoms with van der Waals surface area (Å²) in [5.74, 6) is 0. The molecule has 4 nitrogen and oxygen atoms in total. The number of likely N-dealkylation sites (N-methyl/N-ethyl adjacent to an activating group) is 1. The maximum absolute atomic E-state index is 12.3. The van der Waals surface area contributed by atoms with Crippen LogP contribution in [0.5, 0.6) is 0 Å². The number of halogens is 1. The van der Waals surface area contributed by atoms with Gasteiger partial charge in [0, 0.05) is 12.6 Å². The number of benzene rings is 1. The monoisotopic (exact) mass is 332 g/mol. The van der Waals surface area contributed by atoms with Crippen molar-refractivity contribution in [3.8, 4) is 0 Å². The van der Waals surface area contributed by atoms with Crippen LogP contribution in [0, 0.1) is 0 Å². The third-order valence-electron chi connectivity index (χ3n) is 3.76. The summed E-state index contributed by atoms with van der Waals surface area (Å²) in [6.07, 6.45) is 4.42. The molecule has 2 N–H and O–H groups in total. The van der Waals surface area contributed by atoms with Gasteiger partial charge in [0.2, 0.25) is 10.0 Å². The highest BCUT2D eigenvalue weighted by atomic mass is 35.5. The lowest BCUT2D eigenvalue weighted by Crippen LogP contribution is -2.38. The number of aryl methyl sites for hydroxylation is 2. The topological polar surface area (TPSA) is 58.2 Å². The Morgan fingerprint density at radius 2 is 1.86 bits per heavy atom. The molecule has 0 fully saturated rings. The van der Waals surface area contributed by atoms with E-state index in [1.807, 2.05) is 26.0 Å². The molecular formula is C15H25ClN2O2S. The third-order valence-corrected chi connectivity index (χ3v) is 5.18. The van der Waals surface area contributed by atoms with Crippen molar-refractivity contribution in [2.24, 2.45) is 0 Å². The molecule has 0 saturated carbocycles. The van der Waals surface area contributed by atoms with Crippen LogP contribution in [0.2, 0.25) is 0 Å². The molecule has 6 heteroatoms. The molecular weight excluding hydrogens is 308 g/mol. The highest BCUT2D eigenvalue weighted by Crippen LogP contribution is 2.23. The van der Waals surface area contributed by atoms with E-state index in [9.17, 15) is 8.42 Å². The van der Waals surface area contributed by atoms with Crippen LogP contribution < -0.4 is 10.0 Å². The van der Waals surface area contributed by atoms with E-state index < -0.39 is 10.0 Å². The zero-order valence-electron chi connectivity index (χ0n) is 12.7. The van der Waals surface area contributed by atoms with Gasteiger partial charge in [0.15, 0.2) is 0 Å². The minimum atomic E-state index is -3.40. The van der Waals surface area contributed by atoms with Crippen molar-refractivity contribution in [3.05, 3.63) is 29.3 Å². The number of sulfonamides is 1. The van der Waals surface area contributed by atoms with E-state index in [4.69, 9.17) is 0 Å². The van der Waals surface area contributed by atoms with Crippen molar-refractivity contribution >= 4 is 22.4 Å². The molecule has 1 aliphatic carbocycles. The Morgan fingerprint density at radius 1 is 1.19 bits per heavy atom. The van der Waals surface area contributed by atoms with Crippen LogP contribution in [0.25, 0.3) is 0 Å². The molecule has 1 aromatic rings. The number of nitrogens with one attached hydrogen (secondary N) is 2. The first-order chi connectivity index (χ1) is 9.53. The predicted molar refractivity (Wildman–Crippen MR) is 88.7 cm³/mol. The van der Waals surface area contributed by atoms with Crippen LogP contribution in [-0.2, 0) is 22.9 Å². The first-order valence-electron chi connectivity index (χ1n) is 7.38. The van der Waals surface area contributed by atoms with Crippen molar-refractivity contribution < 1.29 is 8.42 Å². The van der Waals surface area contributed by atoms with Crippen molar-refractivity contribution in [3.63, 3.8) is 0 Å². The smallest absolute Gasteiger partial charge is 0.240 e. The molecule has 0 spiro atoms. The van der Waals surface area contributed by atoms with Gasteiger partial charge >= 0.3 is 0 Å². The Labute approximate surface area is 134 Å². The average molecular weight is 333 g/mol. The Hall–Kier alpha value is -0.620. The van der Waals surface area contributed by atoms with Gasteiger partial charge < -0.3 is 5.32 Å². The first kappa shape index (κ1) is 18.4. The molecule has 0 aromatic heterocycles. The van der Waals surface area contributed by atoms with Gasteiger partial charge in [-0.25, -0.2) is 13.1 Å². The van der Waals surface area contributed by atoms with Crippen LogP contribution in [0.4, 0.5) is 0 Å². The van der Waals surface area contributed by atoms with Gasteiger partial charge in [-0.1, -0.05) is 13.0 Å². The highest BCUT2D eigenvalue weighted by Gasteiger charge is 2.18. The summed E-state index contributed by atoms with van der Waals surface area (Å²) >= 11 is 0. The summed E-state index contributed by atoms with van der Waals surface area (Å²) in [4.78, 5) is 0.391. The minimum Gasteiger partial charge on any atom is -0.313 e. The summed E-state index contributed by atoms with van der Waals surface area (Å²) in [6, 6.07) is 5.67. The minimum absolute atomic E-state index is 0. The van der Waals surface area contributed by atoms with Crippen molar-refractivity contribution in [2.75, 3.05) is 13.1 Å². The number of rotatable bonds is 6. The van der Waals surface area contributed by atoms with E-state index >= 15 is 0 Å². The Bertz CT molecular complexity index is 561. The van der Waals surface area contributed by atoms with E-state index in [0.29, 0.717) is 11.4 Å². The fourth-order valence-corrected chi connectivity index (χ4v) is 3.80. The molecule has 120 valence electrons. The van der Waals surface area contributed by atoms with Crippen molar-refractivity contribution in [2.45, 2.75) is 50.5 Å². The number of hydrogen-bond donors (Lipinski definition) is 2. The lowest BCUT2D eigenvalue weighted by molar-refractivity contribution is 0.536. The Balaban J connectivity index is 0.00000220. The molecule has 0 bridgehead atoms. The Morgan fingerprint density at radius 3 is 2.52 bits per heavy atom. The molecule has 1 aliphatic rings. The molecule has 1 atom stereocenters. The summed E-state index contributed by atoms with van der Waals surface area (Å²) in [5, 5.41) is 3.19. The Kier molecular flexibility index (Phi) is 7.13. The largest absolute Gasteiger partial charge is 0.313 e. The average Bonchev–Trinajstić information content (AvgIpc) is 2.45. The summed E-state index contributed by atoms with van der Waals surface area (Å²) in [7, 11) is -3.40. The van der Waals surface area contributed by atoms with Crippen molar-refractivity contribution in [1.29, 1.82) is 0 Å². The van der Waals surface area contributed by atoms with E-state index in [1.165, 1.54) is 17.5 Å². The van der Waals surface area contributed by atoms with E-state index in [2.05, 4.69) is 10.0 Å². The first-order valence-corrected chi connectivity index (χ1v) is 8.86. The molecule has 0 radical (unpaired) electrons. The van der Waals surface area contributed by atoms with Crippen LogP contribution in [-0.4, -0.2) is 27.5 Å². The van der Waals surface area contributed by atoms with Gasteiger partial charge in [-0.3, -0.25) is 0 Å². The number of fused-ring (bicyclic) bond motifs is 1. The van der Waals surface area contributed by atoms with E-state index in [1.54, 1.807) is 6.07 Å². The molecule has 0 unspecified atom stereocenters. The lowest BCUT2D eigenvalue weighted by atomic mass is 9.92. The molecule has 21 heavy (non-hydrogen) atoms. The second-order valence-electron chi connectivity index (χ2n) is 5.45. The van der Waals surface area contributed by atoms with Gasteiger partial charge in [-0.2, -0.15) is 0 Å². The maximum Gasteiger partial charge on any atom is 0.240 e. The van der Waals surface area contributed by atoms with E-state index in [0.717, 1.165) is 25.8 Å². The fourth-order valence-electron chi connectivity index (χ4n) is 2.62. The van der Waals surface area contributed by atoms with Gasteiger partial charge in [0.1, 0.15) is 0 Å². The van der Waals surface area contributed by atoms with Gasteiger partial charge in [-0.05, 0) is 62.4 Å². The van der Waals surface area contributed by atoms with Gasteiger partial charge in [0.05, 0.1) is 4.90 Å². The van der Waals surface area contributed by atoms with E-state index in [-0.39, 0.29) is 18.4 Å². The van der Waals surface area contributed by atoms with Crippen LogP contribution in [0.15, 0.2) is 23.1 Å². The predicted octanol–water partition coefficient (Wildman–Crippen LogP) is 2.26. The summed E-state index contributed by atoms with van der Waals surface area (Å²) in [5.41, 5.74) is 2.50. The van der Waals surface area contributed by atoms with Gasteiger partial charge in [-0.15, -0.1) is 12.4 Å². The third kappa shape index (κ3) is 4.95. The van der Waals surface area contributed by atoms with Crippen LogP contribution >= 0.6 is 12.4 Å². The number of hydrogen-bond acceptors (Lipinski definition) is 3. The van der Waals surface area contributed by atoms with Crippen LogP contribution in [0.1, 0.15) is 37.8 Å². The molecule has 0 aliphatic heterocycles. The summed E-state index contributed by atoms with van der Waals surface area (Å²) in [6.45, 7) is 5.22. The zero-order chi connectivity index (χ0) is 14.6. The van der Waals surface area contributed by atoms with Gasteiger partial charge in [0.25, 0.3) is 0 Å². The van der Waals surface area contributed by atoms with Crippen molar-refractivity contribution in [1.82, 2.24) is 10.0 Å². The summed E-state index contributed by atoms with van der Waals surface area (Å²) < 4.78 is 27.3. The molecule has 2 rings (SSSR count). The SMILES string of the molecule is CCN[C@H](C)CNS(=O)(=O)c1ccc2c(c1)CCCC2.Cl. The normalized spacial score (nSPS) is 15.9. The molecule has 0 amide bonds. The second-order valence-corrected chi connectivity index (χ2v) is 7.22. The molecule has 1 aromatic carbocycles. The quantitative estimate of drug-likeness (QED) is 0.840. The molecule has 0 heterocycles.